The van der Waals surface area contributed by atoms with E-state index in [-0.39, 0.29) is 17.9 Å². The largest absolute Gasteiger partial charge is 0.379 e. The summed E-state index contributed by atoms with van der Waals surface area (Å²) >= 11 is 0. The summed E-state index contributed by atoms with van der Waals surface area (Å²) in [6.45, 7) is 3.62. The van der Waals surface area contributed by atoms with Crippen LogP contribution in [0, 0.1) is 11.8 Å². The molecule has 2 atom stereocenters. The van der Waals surface area contributed by atoms with Crippen LogP contribution in [-0.4, -0.2) is 25.2 Å². The Morgan fingerprint density at radius 2 is 1.93 bits per heavy atom. The van der Waals surface area contributed by atoms with Gasteiger partial charge in [-0.1, -0.05) is 26.2 Å². The van der Waals surface area contributed by atoms with Gasteiger partial charge in [-0.05, 0) is 12.8 Å². The molecule has 1 aliphatic heterocycles. The van der Waals surface area contributed by atoms with Crippen LogP contribution >= 0.6 is 0 Å². The number of ether oxygens (including phenoxy) is 1. The Hall–Kier alpha value is -0.570. The van der Waals surface area contributed by atoms with E-state index in [1.54, 1.807) is 0 Å². The SMILES string of the molecule is CC1COCC1NC(=O)C1CCCCC1. The van der Waals surface area contributed by atoms with E-state index in [0.717, 1.165) is 19.4 Å². The van der Waals surface area contributed by atoms with Crippen LogP contribution in [0.1, 0.15) is 39.0 Å². The van der Waals surface area contributed by atoms with E-state index in [1.807, 2.05) is 0 Å². The fourth-order valence-electron chi connectivity index (χ4n) is 2.51. The molecule has 2 unspecified atom stereocenters. The molecule has 0 aromatic carbocycles. The molecule has 1 saturated heterocycles. The number of amides is 1. The molecular weight excluding hydrogens is 190 g/mol. The molecule has 0 aromatic rings. The third-order valence-corrected chi connectivity index (χ3v) is 3.67. The quantitative estimate of drug-likeness (QED) is 0.755. The molecule has 1 N–H and O–H groups in total. The van der Waals surface area contributed by atoms with Gasteiger partial charge in [0.2, 0.25) is 5.91 Å². The van der Waals surface area contributed by atoms with Crippen molar-refractivity contribution in [2.24, 2.45) is 11.8 Å². The fourth-order valence-corrected chi connectivity index (χ4v) is 2.51. The fraction of sp³-hybridized carbons (Fsp3) is 0.917. The van der Waals surface area contributed by atoms with Gasteiger partial charge in [0.15, 0.2) is 0 Å². The highest BCUT2D eigenvalue weighted by molar-refractivity contribution is 5.79. The molecule has 0 radical (unpaired) electrons. The second-order valence-electron chi connectivity index (χ2n) is 4.96. The van der Waals surface area contributed by atoms with Gasteiger partial charge in [-0.2, -0.15) is 0 Å². The van der Waals surface area contributed by atoms with E-state index >= 15 is 0 Å². The van der Waals surface area contributed by atoms with Crippen molar-refractivity contribution < 1.29 is 9.53 Å². The maximum Gasteiger partial charge on any atom is 0.223 e. The van der Waals surface area contributed by atoms with Crippen molar-refractivity contribution in [3.05, 3.63) is 0 Å². The smallest absolute Gasteiger partial charge is 0.223 e. The summed E-state index contributed by atoms with van der Waals surface area (Å²) in [6, 6.07) is 0.249. The Bertz CT molecular complexity index is 224. The number of nitrogens with one attached hydrogen (secondary N) is 1. The van der Waals surface area contributed by atoms with Crippen molar-refractivity contribution in [1.29, 1.82) is 0 Å². The number of carbonyl (C=O) groups is 1. The molecule has 1 heterocycles. The van der Waals surface area contributed by atoms with Crippen molar-refractivity contribution in [3.63, 3.8) is 0 Å². The molecule has 3 nitrogen and oxygen atoms in total. The van der Waals surface area contributed by atoms with Gasteiger partial charge in [0.1, 0.15) is 0 Å². The molecule has 2 rings (SSSR count). The monoisotopic (exact) mass is 211 g/mol. The molecule has 2 fully saturated rings. The maximum absolute atomic E-state index is 11.9. The summed E-state index contributed by atoms with van der Waals surface area (Å²) in [5, 5.41) is 3.13. The van der Waals surface area contributed by atoms with Gasteiger partial charge < -0.3 is 10.1 Å². The van der Waals surface area contributed by atoms with Gasteiger partial charge in [0, 0.05) is 11.8 Å². The second kappa shape index (κ2) is 4.97. The summed E-state index contributed by atoms with van der Waals surface area (Å²) < 4.78 is 5.34. The molecule has 0 bridgehead atoms. The lowest BCUT2D eigenvalue weighted by Crippen LogP contribution is -2.42. The van der Waals surface area contributed by atoms with Crippen molar-refractivity contribution in [1.82, 2.24) is 5.32 Å². The summed E-state index contributed by atoms with van der Waals surface area (Å²) in [4.78, 5) is 11.9. The number of rotatable bonds is 2. The van der Waals surface area contributed by atoms with Gasteiger partial charge in [0.05, 0.1) is 19.3 Å². The van der Waals surface area contributed by atoms with Crippen LogP contribution in [0.25, 0.3) is 0 Å². The summed E-state index contributed by atoms with van der Waals surface area (Å²) in [5.41, 5.74) is 0. The Morgan fingerprint density at radius 3 is 2.53 bits per heavy atom. The Kier molecular flexibility index (Phi) is 3.62. The van der Waals surface area contributed by atoms with Crippen molar-refractivity contribution in [3.8, 4) is 0 Å². The minimum absolute atomic E-state index is 0.249. The lowest BCUT2D eigenvalue weighted by Gasteiger charge is -2.23. The third kappa shape index (κ3) is 2.71. The first-order valence-corrected chi connectivity index (χ1v) is 6.15. The zero-order valence-corrected chi connectivity index (χ0v) is 9.50. The Morgan fingerprint density at radius 1 is 1.20 bits per heavy atom. The highest BCUT2D eigenvalue weighted by Crippen LogP contribution is 2.24. The van der Waals surface area contributed by atoms with E-state index in [4.69, 9.17) is 4.74 Å². The van der Waals surface area contributed by atoms with Gasteiger partial charge in [-0.25, -0.2) is 0 Å². The third-order valence-electron chi connectivity index (χ3n) is 3.67. The van der Waals surface area contributed by atoms with Crippen LogP contribution in [-0.2, 0) is 9.53 Å². The molecule has 0 spiro atoms. The van der Waals surface area contributed by atoms with Gasteiger partial charge in [-0.15, -0.1) is 0 Å². The first kappa shape index (κ1) is 10.9. The molecule has 86 valence electrons. The van der Waals surface area contributed by atoms with Crippen molar-refractivity contribution in [2.75, 3.05) is 13.2 Å². The Balaban J connectivity index is 1.80. The first-order chi connectivity index (χ1) is 7.27. The van der Waals surface area contributed by atoms with Crippen LogP contribution < -0.4 is 5.32 Å². The van der Waals surface area contributed by atoms with E-state index in [0.29, 0.717) is 12.5 Å². The highest BCUT2D eigenvalue weighted by atomic mass is 16.5. The lowest BCUT2D eigenvalue weighted by molar-refractivity contribution is -0.126. The van der Waals surface area contributed by atoms with Crippen LogP contribution in [0.3, 0.4) is 0 Å². The van der Waals surface area contributed by atoms with Crippen LogP contribution in [0.2, 0.25) is 0 Å². The molecule has 1 aliphatic carbocycles. The van der Waals surface area contributed by atoms with E-state index in [2.05, 4.69) is 12.2 Å². The average Bonchev–Trinajstić information content (AvgIpc) is 2.66. The second-order valence-corrected chi connectivity index (χ2v) is 4.96. The summed E-state index contributed by atoms with van der Waals surface area (Å²) in [6.07, 6.45) is 5.89. The summed E-state index contributed by atoms with van der Waals surface area (Å²) in [7, 11) is 0. The van der Waals surface area contributed by atoms with E-state index in [1.165, 1.54) is 19.3 Å². The molecule has 15 heavy (non-hydrogen) atoms. The van der Waals surface area contributed by atoms with Gasteiger partial charge >= 0.3 is 0 Å². The molecule has 3 heteroatoms. The minimum atomic E-state index is 0.249. The average molecular weight is 211 g/mol. The maximum atomic E-state index is 11.9. The Labute approximate surface area is 91.6 Å². The van der Waals surface area contributed by atoms with Crippen LogP contribution in [0.5, 0.6) is 0 Å². The molecule has 1 saturated carbocycles. The molecular formula is C12H21NO2. The molecule has 2 aliphatic rings. The van der Waals surface area contributed by atoms with Gasteiger partial charge in [-0.3, -0.25) is 4.79 Å². The zero-order valence-electron chi connectivity index (χ0n) is 9.50. The topological polar surface area (TPSA) is 38.3 Å². The van der Waals surface area contributed by atoms with Crippen LogP contribution in [0.15, 0.2) is 0 Å². The predicted molar refractivity (Wildman–Crippen MR) is 58.5 cm³/mol. The van der Waals surface area contributed by atoms with E-state index < -0.39 is 0 Å². The predicted octanol–water partition coefficient (Wildman–Crippen LogP) is 1.72. The first-order valence-electron chi connectivity index (χ1n) is 6.15. The molecule has 1 amide bonds. The van der Waals surface area contributed by atoms with E-state index in [9.17, 15) is 4.79 Å². The zero-order chi connectivity index (χ0) is 10.7. The number of carbonyl (C=O) groups excluding carboxylic acids is 1. The van der Waals surface area contributed by atoms with Crippen molar-refractivity contribution >= 4 is 5.91 Å². The van der Waals surface area contributed by atoms with Crippen molar-refractivity contribution in [2.45, 2.75) is 45.1 Å². The number of hydrogen-bond acceptors (Lipinski definition) is 2. The standard InChI is InChI=1S/C12H21NO2/c1-9-7-15-8-11(9)13-12(14)10-5-3-2-4-6-10/h9-11H,2-8H2,1H3,(H,13,14). The number of hydrogen-bond donors (Lipinski definition) is 1. The lowest BCUT2D eigenvalue weighted by atomic mass is 9.88. The van der Waals surface area contributed by atoms with Crippen LogP contribution in [0.4, 0.5) is 0 Å². The molecule has 0 aromatic heterocycles. The highest BCUT2D eigenvalue weighted by Gasteiger charge is 2.29. The van der Waals surface area contributed by atoms with Gasteiger partial charge in [0.25, 0.3) is 0 Å². The summed E-state index contributed by atoms with van der Waals surface area (Å²) in [5.74, 6) is 1.00. The minimum Gasteiger partial charge on any atom is -0.379 e. The normalized spacial score (nSPS) is 32.9.